The van der Waals surface area contributed by atoms with Crippen LogP contribution in [0.25, 0.3) is 0 Å². The van der Waals surface area contributed by atoms with E-state index < -0.39 is 0 Å². The van der Waals surface area contributed by atoms with E-state index in [1.165, 1.54) is 12.1 Å². The molecule has 0 aromatic carbocycles. The topological polar surface area (TPSA) is 29.9 Å². The fraction of sp³-hybridized carbons (Fsp3) is 0.700. The average Bonchev–Trinajstić information content (AvgIpc) is 2.71. The second-order valence-corrected chi connectivity index (χ2v) is 4.27. The fourth-order valence-electron chi connectivity index (χ4n) is 1.88. The highest BCUT2D eigenvalue weighted by atomic mass is 32.1. The van der Waals surface area contributed by atoms with Gasteiger partial charge in [0.15, 0.2) is 4.77 Å². The standard InChI is InChI=1S/C10H16N2OS/c1-7-8(2)12(10(14)11-7)6-9-4-3-5-13-9/h9H,3-6H2,1-2H3,(H,11,14)/t9-/m1/s1. The zero-order chi connectivity index (χ0) is 10.1. The molecule has 0 unspecified atom stereocenters. The Hall–Kier alpha value is -0.610. The van der Waals surface area contributed by atoms with Crippen LogP contribution in [0, 0.1) is 18.6 Å². The molecule has 0 spiro atoms. The summed E-state index contributed by atoms with van der Waals surface area (Å²) in [6.07, 6.45) is 2.70. The fourth-order valence-corrected chi connectivity index (χ4v) is 2.25. The Kier molecular flexibility index (Phi) is 2.74. The Morgan fingerprint density at radius 3 is 2.86 bits per heavy atom. The van der Waals surface area contributed by atoms with E-state index in [0.29, 0.717) is 6.10 Å². The van der Waals surface area contributed by atoms with Crippen molar-refractivity contribution in [3.05, 3.63) is 16.2 Å². The zero-order valence-corrected chi connectivity index (χ0v) is 9.49. The number of hydrogen-bond donors (Lipinski definition) is 1. The van der Waals surface area contributed by atoms with E-state index in [2.05, 4.69) is 23.4 Å². The summed E-state index contributed by atoms with van der Waals surface area (Å²) in [5.74, 6) is 0. The maximum atomic E-state index is 5.60. The summed E-state index contributed by atoms with van der Waals surface area (Å²) < 4.78 is 8.55. The molecule has 2 heterocycles. The molecule has 3 nitrogen and oxygen atoms in total. The molecule has 0 bridgehead atoms. The highest BCUT2D eigenvalue weighted by molar-refractivity contribution is 7.71. The first-order valence-electron chi connectivity index (χ1n) is 5.06. The number of ether oxygens (including phenoxy) is 1. The van der Waals surface area contributed by atoms with Crippen molar-refractivity contribution in [3.8, 4) is 0 Å². The van der Waals surface area contributed by atoms with Crippen molar-refractivity contribution in [1.29, 1.82) is 0 Å². The van der Waals surface area contributed by atoms with Crippen molar-refractivity contribution >= 4 is 12.2 Å². The van der Waals surface area contributed by atoms with E-state index in [9.17, 15) is 0 Å². The molecule has 1 saturated heterocycles. The predicted molar refractivity (Wildman–Crippen MR) is 58.1 cm³/mol. The number of nitrogens with one attached hydrogen (secondary N) is 1. The normalized spacial score (nSPS) is 21.7. The predicted octanol–water partition coefficient (Wildman–Crippen LogP) is 2.34. The van der Waals surface area contributed by atoms with Crippen molar-refractivity contribution in [3.63, 3.8) is 0 Å². The molecule has 1 aromatic rings. The Labute approximate surface area is 89.1 Å². The summed E-state index contributed by atoms with van der Waals surface area (Å²) in [7, 11) is 0. The number of nitrogens with zero attached hydrogens (tertiary/aromatic N) is 1. The van der Waals surface area contributed by atoms with Crippen molar-refractivity contribution in [2.75, 3.05) is 6.61 Å². The Morgan fingerprint density at radius 2 is 2.36 bits per heavy atom. The van der Waals surface area contributed by atoms with Gasteiger partial charge in [0.1, 0.15) is 0 Å². The van der Waals surface area contributed by atoms with Crippen molar-refractivity contribution < 1.29 is 4.74 Å². The molecule has 2 rings (SSSR count). The number of hydrogen-bond acceptors (Lipinski definition) is 2. The van der Waals surface area contributed by atoms with Gasteiger partial charge in [-0.3, -0.25) is 0 Å². The third kappa shape index (κ3) is 1.77. The lowest BCUT2D eigenvalue weighted by Crippen LogP contribution is -2.16. The smallest absolute Gasteiger partial charge is 0.177 e. The summed E-state index contributed by atoms with van der Waals surface area (Å²) >= 11 is 5.25. The molecular weight excluding hydrogens is 196 g/mol. The van der Waals surface area contributed by atoms with Gasteiger partial charge in [-0.2, -0.15) is 0 Å². The lowest BCUT2D eigenvalue weighted by Gasteiger charge is -2.11. The molecular formula is C10H16N2OS. The Morgan fingerprint density at radius 1 is 1.57 bits per heavy atom. The second-order valence-electron chi connectivity index (χ2n) is 3.89. The molecule has 78 valence electrons. The first kappa shape index (κ1) is 9.93. The molecule has 1 aliphatic heterocycles. The SMILES string of the molecule is Cc1[nH]c(=S)n(C[C@H]2CCCO2)c1C. The Bertz CT molecular complexity index is 374. The Balaban J connectivity index is 2.19. The third-order valence-corrected chi connectivity index (χ3v) is 3.22. The number of aromatic amines is 1. The van der Waals surface area contributed by atoms with Gasteiger partial charge in [-0.25, -0.2) is 0 Å². The van der Waals surface area contributed by atoms with Gasteiger partial charge in [-0.05, 0) is 38.9 Å². The number of rotatable bonds is 2. The second kappa shape index (κ2) is 3.87. The third-order valence-electron chi connectivity index (χ3n) is 2.90. The number of imidazole rings is 1. The molecule has 0 amide bonds. The van der Waals surface area contributed by atoms with E-state index in [1.807, 2.05) is 0 Å². The number of aryl methyl sites for hydroxylation is 1. The summed E-state index contributed by atoms with van der Waals surface area (Å²) in [6.45, 7) is 5.95. The lowest BCUT2D eigenvalue weighted by atomic mass is 10.2. The minimum atomic E-state index is 0.357. The summed E-state index contributed by atoms with van der Waals surface area (Å²) in [4.78, 5) is 3.17. The summed E-state index contributed by atoms with van der Waals surface area (Å²) in [5.41, 5.74) is 2.39. The molecule has 1 fully saturated rings. The van der Waals surface area contributed by atoms with Gasteiger partial charge < -0.3 is 14.3 Å². The first-order valence-corrected chi connectivity index (χ1v) is 5.47. The first-order chi connectivity index (χ1) is 6.68. The van der Waals surface area contributed by atoms with Crippen LogP contribution in [0.2, 0.25) is 0 Å². The van der Waals surface area contributed by atoms with Gasteiger partial charge >= 0.3 is 0 Å². The van der Waals surface area contributed by atoms with Crippen LogP contribution < -0.4 is 0 Å². The highest BCUT2D eigenvalue weighted by Crippen LogP contribution is 2.16. The molecule has 14 heavy (non-hydrogen) atoms. The number of H-pyrrole nitrogens is 1. The molecule has 1 aliphatic rings. The van der Waals surface area contributed by atoms with Gasteiger partial charge in [0, 0.05) is 18.0 Å². The minimum absolute atomic E-state index is 0.357. The van der Waals surface area contributed by atoms with E-state index in [-0.39, 0.29) is 0 Å². The van der Waals surface area contributed by atoms with Crippen LogP contribution in [0.4, 0.5) is 0 Å². The average molecular weight is 212 g/mol. The van der Waals surface area contributed by atoms with Crippen LogP contribution in [-0.2, 0) is 11.3 Å². The maximum Gasteiger partial charge on any atom is 0.177 e. The summed E-state index contributed by atoms with van der Waals surface area (Å²) in [6, 6.07) is 0. The van der Waals surface area contributed by atoms with E-state index >= 15 is 0 Å². The van der Waals surface area contributed by atoms with E-state index in [0.717, 1.165) is 30.0 Å². The summed E-state index contributed by atoms with van der Waals surface area (Å²) in [5, 5.41) is 0. The zero-order valence-electron chi connectivity index (χ0n) is 8.67. The quantitative estimate of drug-likeness (QED) is 0.763. The maximum absolute atomic E-state index is 5.60. The molecule has 0 aliphatic carbocycles. The van der Waals surface area contributed by atoms with Gasteiger partial charge in [-0.1, -0.05) is 0 Å². The van der Waals surface area contributed by atoms with Crippen LogP contribution in [0.15, 0.2) is 0 Å². The van der Waals surface area contributed by atoms with Crippen LogP contribution in [-0.4, -0.2) is 22.3 Å². The lowest BCUT2D eigenvalue weighted by molar-refractivity contribution is 0.0962. The van der Waals surface area contributed by atoms with Gasteiger partial charge in [0.25, 0.3) is 0 Å². The van der Waals surface area contributed by atoms with Gasteiger partial charge in [0.05, 0.1) is 12.6 Å². The largest absolute Gasteiger partial charge is 0.376 e. The minimum Gasteiger partial charge on any atom is -0.376 e. The van der Waals surface area contributed by atoms with Gasteiger partial charge in [0.2, 0.25) is 0 Å². The molecule has 4 heteroatoms. The van der Waals surface area contributed by atoms with Crippen LogP contribution in [0.3, 0.4) is 0 Å². The van der Waals surface area contributed by atoms with Crippen molar-refractivity contribution in [2.24, 2.45) is 0 Å². The highest BCUT2D eigenvalue weighted by Gasteiger charge is 2.17. The van der Waals surface area contributed by atoms with E-state index in [4.69, 9.17) is 17.0 Å². The van der Waals surface area contributed by atoms with Crippen LogP contribution in [0.5, 0.6) is 0 Å². The molecule has 1 aromatic heterocycles. The van der Waals surface area contributed by atoms with Gasteiger partial charge in [-0.15, -0.1) is 0 Å². The van der Waals surface area contributed by atoms with Crippen LogP contribution in [0.1, 0.15) is 24.2 Å². The number of aromatic nitrogens is 2. The van der Waals surface area contributed by atoms with Crippen LogP contribution >= 0.6 is 12.2 Å². The van der Waals surface area contributed by atoms with Crippen molar-refractivity contribution in [2.45, 2.75) is 39.3 Å². The molecule has 0 radical (unpaired) electrons. The monoisotopic (exact) mass is 212 g/mol. The van der Waals surface area contributed by atoms with Crippen molar-refractivity contribution in [1.82, 2.24) is 9.55 Å². The molecule has 1 atom stereocenters. The molecule has 1 N–H and O–H groups in total. The van der Waals surface area contributed by atoms with E-state index in [1.54, 1.807) is 0 Å². The molecule has 0 saturated carbocycles.